The number of nitrogens with one attached hydrogen (secondary N) is 4. The highest BCUT2D eigenvalue weighted by atomic mass is 35.5. The summed E-state index contributed by atoms with van der Waals surface area (Å²) < 4.78 is 31.5. The maximum atomic E-state index is 13.3. The lowest BCUT2D eigenvalue weighted by molar-refractivity contribution is -0.0493. The molecule has 3 aromatic rings. The largest absolute Gasteiger partial charge is 0.433 e. The number of benzene rings is 2. The second kappa shape index (κ2) is 9.64. The molecule has 1 amide bonds. The maximum Gasteiger partial charge on any atom is 0.387 e. The molecule has 37 heavy (non-hydrogen) atoms. The highest BCUT2D eigenvalue weighted by Gasteiger charge is 2.36. The van der Waals surface area contributed by atoms with Crippen molar-refractivity contribution in [1.82, 2.24) is 20.6 Å². The normalized spacial score (nSPS) is 20.1. The Morgan fingerprint density at radius 1 is 1.11 bits per heavy atom. The second-order valence-corrected chi connectivity index (χ2v) is 9.58. The Labute approximate surface area is 216 Å². The molecule has 2 bridgehead atoms. The minimum Gasteiger partial charge on any atom is -0.433 e. The number of hydrogen-bond acceptors (Lipinski definition) is 8. The van der Waals surface area contributed by atoms with Crippen LogP contribution in [0.4, 0.5) is 37.6 Å². The third kappa shape index (κ3) is 4.60. The Kier molecular flexibility index (Phi) is 6.17. The number of ether oxygens (including phenoxy) is 1. The van der Waals surface area contributed by atoms with Gasteiger partial charge in [0, 0.05) is 43.5 Å². The van der Waals surface area contributed by atoms with Gasteiger partial charge in [0.15, 0.2) is 11.6 Å². The number of fused-ring (bicyclic) bond motifs is 3. The average molecular weight is 528 g/mol. The Balaban J connectivity index is 1.28. The number of halogens is 3. The molecule has 1 aromatic heterocycles. The van der Waals surface area contributed by atoms with E-state index < -0.39 is 6.61 Å². The van der Waals surface area contributed by atoms with Crippen molar-refractivity contribution in [2.45, 2.75) is 38.1 Å². The van der Waals surface area contributed by atoms with E-state index >= 15 is 0 Å². The molecule has 2 atom stereocenters. The molecule has 0 radical (unpaired) electrons. The summed E-state index contributed by atoms with van der Waals surface area (Å²) in [6.45, 7) is -0.818. The summed E-state index contributed by atoms with van der Waals surface area (Å²) in [6, 6.07) is 11.3. The fraction of sp³-hybridized carbons (Fsp3) is 0.320. The minimum absolute atomic E-state index is 0.00366. The molecule has 3 aliphatic heterocycles. The highest BCUT2D eigenvalue weighted by Crippen LogP contribution is 2.38. The number of aromatic nitrogens is 2. The lowest BCUT2D eigenvalue weighted by Crippen LogP contribution is -2.51. The molecule has 192 valence electrons. The van der Waals surface area contributed by atoms with Gasteiger partial charge in [0.1, 0.15) is 5.02 Å². The van der Waals surface area contributed by atoms with Crippen molar-refractivity contribution >= 4 is 46.3 Å². The van der Waals surface area contributed by atoms with Gasteiger partial charge in [-0.25, -0.2) is 4.98 Å². The van der Waals surface area contributed by atoms with Gasteiger partial charge in [-0.3, -0.25) is 4.79 Å². The van der Waals surface area contributed by atoms with E-state index in [4.69, 9.17) is 16.3 Å². The zero-order valence-corrected chi connectivity index (χ0v) is 20.4. The molecular formula is C25H24ClF2N7O2. The van der Waals surface area contributed by atoms with Crippen LogP contribution < -0.4 is 30.9 Å². The van der Waals surface area contributed by atoms with E-state index in [1.807, 2.05) is 18.2 Å². The van der Waals surface area contributed by atoms with Crippen molar-refractivity contribution in [3.8, 4) is 5.75 Å². The van der Waals surface area contributed by atoms with Gasteiger partial charge in [-0.15, -0.1) is 0 Å². The standard InChI is InChI=1S/C25H24ClF2N7O2/c26-17-12-31-25(34-22(17)32-19-3-1-2-13-9-30-23(36)21(13)19)33-18-7-6-14(8-20(18)37-24(27)28)35-15-4-5-16(35)11-29-10-15/h1-3,6-8,12,15-16,24,29H,4-5,9-11H2,(H,30,36)(H2,31,32,33,34). The maximum absolute atomic E-state index is 13.3. The molecular weight excluding hydrogens is 504 g/mol. The quantitative estimate of drug-likeness (QED) is 0.358. The van der Waals surface area contributed by atoms with Gasteiger partial charge in [0.25, 0.3) is 5.91 Å². The number of amides is 1. The third-order valence-corrected chi connectivity index (χ3v) is 7.20. The first-order chi connectivity index (χ1) is 18.0. The van der Waals surface area contributed by atoms with E-state index in [1.54, 1.807) is 18.2 Å². The molecule has 4 heterocycles. The lowest BCUT2D eigenvalue weighted by Gasteiger charge is -2.37. The Morgan fingerprint density at radius 2 is 1.92 bits per heavy atom. The van der Waals surface area contributed by atoms with Crippen LogP contribution in [0.25, 0.3) is 0 Å². The summed E-state index contributed by atoms with van der Waals surface area (Å²) in [5, 5.41) is 12.5. The van der Waals surface area contributed by atoms with Crippen LogP contribution in [-0.4, -0.2) is 47.7 Å². The van der Waals surface area contributed by atoms with Crippen molar-refractivity contribution in [3.05, 3.63) is 58.7 Å². The van der Waals surface area contributed by atoms with Crippen LogP contribution in [0.1, 0.15) is 28.8 Å². The van der Waals surface area contributed by atoms with E-state index in [0.29, 0.717) is 35.6 Å². The monoisotopic (exact) mass is 527 g/mol. The highest BCUT2D eigenvalue weighted by molar-refractivity contribution is 6.33. The zero-order valence-electron chi connectivity index (χ0n) is 19.6. The van der Waals surface area contributed by atoms with Crippen LogP contribution >= 0.6 is 11.6 Å². The number of carbonyl (C=O) groups excluding carboxylic acids is 1. The van der Waals surface area contributed by atoms with E-state index in [1.165, 1.54) is 6.20 Å². The second-order valence-electron chi connectivity index (χ2n) is 9.17. The topological polar surface area (TPSA) is 103 Å². The van der Waals surface area contributed by atoms with Crippen molar-refractivity contribution in [3.63, 3.8) is 0 Å². The first kappa shape index (κ1) is 23.7. The first-order valence-electron chi connectivity index (χ1n) is 12.0. The summed E-state index contributed by atoms with van der Waals surface area (Å²) in [4.78, 5) is 23.2. The number of anilines is 5. The van der Waals surface area contributed by atoms with Gasteiger partial charge in [-0.1, -0.05) is 23.7 Å². The van der Waals surface area contributed by atoms with Crippen LogP contribution in [0, 0.1) is 0 Å². The molecule has 0 saturated carbocycles. The summed E-state index contributed by atoms with van der Waals surface area (Å²) in [5.74, 6) is 0.195. The summed E-state index contributed by atoms with van der Waals surface area (Å²) in [7, 11) is 0. The van der Waals surface area contributed by atoms with Gasteiger partial charge in [-0.05, 0) is 36.6 Å². The lowest BCUT2D eigenvalue weighted by atomic mass is 10.1. The van der Waals surface area contributed by atoms with Gasteiger partial charge < -0.3 is 30.9 Å². The van der Waals surface area contributed by atoms with Crippen molar-refractivity contribution in [2.75, 3.05) is 28.6 Å². The molecule has 2 saturated heterocycles. The number of nitrogens with zero attached hydrogens (tertiary/aromatic N) is 3. The Bertz CT molecular complexity index is 1340. The Hall–Kier alpha value is -3.70. The Morgan fingerprint density at radius 3 is 2.70 bits per heavy atom. The third-order valence-electron chi connectivity index (χ3n) is 6.92. The predicted molar refractivity (Wildman–Crippen MR) is 136 cm³/mol. The van der Waals surface area contributed by atoms with E-state index in [2.05, 4.69) is 36.1 Å². The fourth-order valence-electron chi connectivity index (χ4n) is 5.32. The van der Waals surface area contributed by atoms with Gasteiger partial charge >= 0.3 is 6.61 Å². The molecule has 4 N–H and O–H groups in total. The average Bonchev–Trinajstić information content (AvgIpc) is 3.38. The van der Waals surface area contributed by atoms with E-state index in [-0.39, 0.29) is 28.4 Å². The first-order valence-corrected chi connectivity index (χ1v) is 12.4. The molecule has 2 unspecified atom stereocenters. The van der Waals surface area contributed by atoms with Crippen molar-refractivity contribution < 1.29 is 18.3 Å². The fourth-order valence-corrected chi connectivity index (χ4v) is 5.45. The summed E-state index contributed by atoms with van der Waals surface area (Å²) >= 11 is 6.33. The summed E-state index contributed by atoms with van der Waals surface area (Å²) in [6.07, 6.45) is 3.51. The molecule has 0 spiro atoms. The zero-order chi connectivity index (χ0) is 25.5. The van der Waals surface area contributed by atoms with Gasteiger partial charge in [0.2, 0.25) is 5.95 Å². The number of alkyl halides is 2. The molecule has 2 aromatic carbocycles. The minimum atomic E-state index is -3.00. The molecule has 3 aliphatic rings. The van der Waals surface area contributed by atoms with E-state index in [9.17, 15) is 13.6 Å². The number of rotatable bonds is 7. The smallest absolute Gasteiger partial charge is 0.387 e. The van der Waals surface area contributed by atoms with Gasteiger partial charge in [-0.2, -0.15) is 13.8 Å². The molecule has 0 aliphatic carbocycles. The number of piperazine rings is 1. The van der Waals surface area contributed by atoms with Crippen LogP contribution in [0.15, 0.2) is 42.6 Å². The molecule has 12 heteroatoms. The molecule has 2 fully saturated rings. The number of carbonyl (C=O) groups is 1. The van der Waals surface area contributed by atoms with Crippen LogP contribution in [-0.2, 0) is 6.54 Å². The predicted octanol–water partition coefficient (Wildman–Crippen LogP) is 4.40. The number of hydrogen-bond donors (Lipinski definition) is 4. The SMILES string of the molecule is O=C1NCc2cccc(Nc3nc(Nc4ccc(N5C6CCC5CNC6)cc4OC(F)F)ncc3Cl)c21. The van der Waals surface area contributed by atoms with Crippen LogP contribution in [0.3, 0.4) is 0 Å². The van der Waals surface area contributed by atoms with Crippen molar-refractivity contribution in [2.24, 2.45) is 0 Å². The van der Waals surface area contributed by atoms with Crippen molar-refractivity contribution in [1.29, 1.82) is 0 Å². The van der Waals surface area contributed by atoms with Crippen LogP contribution in [0.5, 0.6) is 5.75 Å². The van der Waals surface area contributed by atoms with Crippen LogP contribution in [0.2, 0.25) is 5.02 Å². The molecule has 6 rings (SSSR count). The van der Waals surface area contributed by atoms with E-state index in [0.717, 1.165) is 37.2 Å². The van der Waals surface area contributed by atoms with Gasteiger partial charge in [0.05, 0.1) is 23.1 Å². The molecule has 9 nitrogen and oxygen atoms in total. The summed E-state index contributed by atoms with van der Waals surface area (Å²) in [5.41, 5.74) is 3.07.